The van der Waals surface area contributed by atoms with E-state index in [9.17, 15) is 0 Å². The molecule has 0 fully saturated rings. The van der Waals surface area contributed by atoms with Crippen LogP contribution in [0.5, 0.6) is 0 Å². The molecule has 0 N–H and O–H groups in total. The zero-order valence-electron chi connectivity index (χ0n) is 15.3. The molecule has 0 saturated heterocycles. The predicted molar refractivity (Wildman–Crippen MR) is 103 cm³/mol. The van der Waals surface area contributed by atoms with Crippen molar-refractivity contribution in [2.24, 2.45) is 0 Å². The molecular weight excluding hydrogens is 344 g/mol. The minimum atomic E-state index is 0.236. The molecule has 136 valence electrons. The van der Waals surface area contributed by atoms with Gasteiger partial charge in [0.15, 0.2) is 0 Å². The first-order chi connectivity index (χ1) is 12.7. The number of rotatable bonds is 6. The van der Waals surface area contributed by atoms with Gasteiger partial charge in [-0.25, -0.2) is 0 Å². The molecule has 6 heteroatoms. The third-order valence-corrected chi connectivity index (χ3v) is 5.62. The van der Waals surface area contributed by atoms with E-state index in [1.54, 1.807) is 0 Å². The van der Waals surface area contributed by atoms with E-state index in [1.165, 1.54) is 15.4 Å². The lowest BCUT2D eigenvalue weighted by atomic mass is 10.2. The highest BCUT2D eigenvalue weighted by atomic mass is 32.1. The Bertz CT molecular complexity index is 872. The molecule has 4 rings (SSSR count). The van der Waals surface area contributed by atoms with Crippen molar-refractivity contribution in [3.05, 3.63) is 69.4 Å². The van der Waals surface area contributed by atoms with Crippen molar-refractivity contribution in [3.63, 3.8) is 0 Å². The van der Waals surface area contributed by atoms with Gasteiger partial charge in [0, 0.05) is 41.3 Å². The summed E-state index contributed by atoms with van der Waals surface area (Å²) in [5.74, 6) is 0. The molecular formula is C20H24N4OS. The molecule has 0 bridgehead atoms. The van der Waals surface area contributed by atoms with Crippen LogP contribution < -0.4 is 0 Å². The number of hydrogen-bond donors (Lipinski definition) is 0. The minimum absolute atomic E-state index is 0.236. The van der Waals surface area contributed by atoms with Gasteiger partial charge in [0.1, 0.15) is 0 Å². The number of pyridine rings is 1. The fraction of sp³-hybridized carbons (Fsp3) is 0.400. The number of ether oxygens (including phenoxy) is 1. The molecule has 0 spiro atoms. The monoisotopic (exact) mass is 368 g/mol. The molecule has 0 amide bonds. The molecule has 0 aliphatic carbocycles. The molecule has 4 heterocycles. The summed E-state index contributed by atoms with van der Waals surface area (Å²) >= 11 is 1.88. The number of thiophene rings is 1. The lowest BCUT2D eigenvalue weighted by Crippen LogP contribution is -2.39. The molecule has 3 aromatic rings. The van der Waals surface area contributed by atoms with Gasteiger partial charge in [-0.05, 0) is 44.2 Å². The van der Waals surface area contributed by atoms with Crippen molar-refractivity contribution in [1.82, 2.24) is 19.7 Å². The highest BCUT2D eigenvalue weighted by Crippen LogP contribution is 2.24. The van der Waals surface area contributed by atoms with Gasteiger partial charge in [0.25, 0.3) is 0 Å². The van der Waals surface area contributed by atoms with Gasteiger partial charge < -0.3 is 4.74 Å². The number of hydrogen-bond acceptors (Lipinski definition) is 5. The van der Waals surface area contributed by atoms with Gasteiger partial charge in [-0.1, -0.05) is 6.07 Å². The number of fused-ring (bicyclic) bond motifs is 1. The highest BCUT2D eigenvalue weighted by molar-refractivity contribution is 7.11. The Morgan fingerprint density at radius 2 is 2.12 bits per heavy atom. The lowest BCUT2D eigenvalue weighted by molar-refractivity contribution is 0.0522. The zero-order chi connectivity index (χ0) is 17.9. The first kappa shape index (κ1) is 17.4. The van der Waals surface area contributed by atoms with E-state index in [0.29, 0.717) is 13.2 Å². The second-order valence-corrected chi connectivity index (χ2v) is 8.26. The Morgan fingerprint density at radius 1 is 1.19 bits per heavy atom. The van der Waals surface area contributed by atoms with E-state index in [0.717, 1.165) is 31.0 Å². The van der Waals surface area contributed by atoms with Crippen LogP contribution in [0, 0.1) is 13.8 Å². The first-order valence-corrected chi connectivity index (χ1v) is 9.79. The number of nitrogens with zero attached hydrogens (tertiary/aromatic N) is 4. The second kappa shape index (κ2) is 7.70. The van der Waals surface area contributed by atoms with E-state index in [1.807, 2.05) is 42.7 Å². The SMILES string of the molecule is Cc1cccc(COC[C@@H]2CN(Cc3ccc(C)s3)Cc3ccnn32)n1. The van der Waals surface area contributed by atoms with Crippen LogP contribution in [0.15, 0.2) is 42.6 Å². The van der Waals surface area contributed by atoms with E-state index < -0.39 is 0 Å². The van der Waals surface area contributed by atoms with Crippen LogP contribution in [0.2, 0.25) is 0 Å². The average molecular weight is 369 g/mol. The summed E-state index contributed by atoms with van der Waals surface area (Å²) in [7, 11) is 0. The molecule has 0 radical (unpaired) electrons. The summed E-state index contributed by atoms with van der Waals surface area (Å²) in [6.45, 7) is 8.22. The van der Waals surface area contributed by atoms with E-state index in [2.05, 4.69) is 44.8 Å². The van der Waals surface area contributed by atoms with Crippen LogP contribution in [0.1, 0.15) is 32.9 Å². The molecule has 5 nitrogen and oxygen atoms in total. The van der Waals surface area contributed by atoms with Crippen molar-refractivity contribution >= 4 is 11.3 Å². The maximum absolute atomic E-state index is 6.00. The summed E-state index contributed by atoms with van der Waals surface area (Å²) in [5.41, 5.74) is 3.26. The molecule has 3 aromatic heterocycles. The van der Waals surface area contributed by atoms with Gasteiger partial charge in [-0.3, -0.25) is 14.6 Å². The fourth-order valence-electron chi connectivity index (χ4n) is 3.48. The topological polar surface area (TPSA) is 43.2 Å². The molecule has 0 unspecified atom stereocenters. The third-order valence-electron chi connectivity index (χ3n) is 4.63. The van der Waals surface area contributed by atoms with Crippen molar-refractivity contribution in [3.8, 4) is 0 Å². The van der Waals surface area contributed by atoms with Crippen LogP contribution in [0.4, 0.5) is 0 Å². The standard InChI is InChI=1S/C20H24N4OS/c1-15-4-3-5-17(22-15)13-25-14-19-11-23(10-18-8-9-21-24(18)19)12-20-7-6-16(2)26-20/h3-9,19H,10-14H2,1-2H3/t19-/m0/s1. The Hall–Kier alpha value is -2.02. The van der Waals surface area contributed by atoms with Crippen LogP contribution in [-0.2, 0) is 24.4 Å². The fourth-order valence-corrected chi connectivity index (χ4v) is 4.41. The van der Waals surface area contributed by atoms with Crippen molar-refractivity contribution in [2.75, 3.05) is 13.2 Å². The first-order valence-electron chi connectivity index (χ1n) is 8.98. The summed E-state index contributed by atoms with van der Waals surface area (Å²) in [6.07, 6.45) is 1.89. The Morgan fingerprint density at radius 3 is 2.92 bits per heavy atom. The van der Waals surface area contributed by atoms with Crippen molar-refractivity contribution < 1.29 is 4.74 Å². The molecule has 26 heavy (non-hydrogen) atoms. The number of aryl methyl sites for hydroxylation is 2. The van der Waals surface area contributed by atoms with Crippen LogP contribution >= 0.6 is 11.3 Å². The largest absolute Gasteiger partial charge is 0.373 e. The van der Waals surface area contributed by atoms with E-state index in [4.69, 9.17) is 4.74 Å². The smallest absolute Gasteiger partial charge is 0.0889 e. The van der Waals surface area contributed by atoms with Gasteiger partial charge in [0.2, 0.25) is 0 Å². The van der Waals surface area contributed by atoms with E-state index >= 15 is 0 Å². The van der Waals surface area contributed by atoms with Gasteiger partial charge >= 0.3 is 0 Å². The van der Waals surface area contributed by atoms with Gasteiger partial charge in [-0.15, -0.1) is 11.3 Å². The van der Waals surface area contributed by atoms with Crippen molar-refractivity contribution in [2.45, 2.75) is 39.6 Å². The van der Waals surface area contributed by atoms with Crippen LogP contribution in [0.3, 0.4) is 0 Å². The highest BCUT2D eigenvalue weighted by Gasteiger charge is 2.26. The van der Waals surface area contributed by atoms with Crippen molar-refractivity contribution in [1.29, 1.82) is 0 Å². The number of aromatic nitrogens is 3. The van der Waals surface area contributed by atoms with Gasteiger partial charge in [0.05, 0.1) is 30.6 Å². The minimum Gasteiger partial charge on any atom is -0.373 e. The summed E-state index contributed by atoms with van der Waals surface area (Å²) < 4.78 is 8.12. The summed E-state index contributed by atoms with van der Waals surface area (Å²) in [6, 6.07) is 12.8. The summed E-state index contributed by atoms with van der Waals surface area (Å²) in [5, 5.41) is 4.52. The Balaban J connectivity index is 1.39. The quantitative estimate of drug-likeness (QED) is 0.665. The second-order valence-electron chi connectivity index (χ2n) is 6.89. The molecule has 0 saturated carbocycles. The average Bonchev–Trinajstić information content (AvgIpc) is 3.24. The summed E-state index contributed by atoms with van der Waals surface area (Å²) in [4.78, 5) is 9.78. The maximum atomic E-state index is 6.00. The molecule has 0 aromatic carbocycles. The molecule has 1 atom stereocenters. The predicted octanol–water partition coefficient (Wildman–Crippen LogP) is 3.73. The maximum Gasteiger partial charge on any atom is 0.0889 e. The van der Waals surface area contributed by atoms with Crippen LogP contribution in [-0.4, -0.2) is 32.8 Å². The third kappa shape index (κ3) is 4.03. The lowest BCUT2D eigenvalue weighted by Gasteiger charge is -2.33. The normalized spacial score (nSPS) is 17.4. The van der Waals surface area contributed by atoms with Crippen LogP contribution in [0.25, 0.3) is 0 Å². The Labute approximate surface area is 158 Å². The molecule has 1 aliphatic rings. The molecule has 1 aliphatic heterocycles. The zero-order valence-corrected chi connectivity index (χ0v) is 16.1. The Kier molecular flexibility index (Phi) is 5.15. The van der Waals surface area contributed by atoms with Gasteiger partial charge in [-0.2, -0.15) is 5.10 Å². The van der Waals surface area contributed by atoms with E-state index in [-0.39, 0.29) is 6.04 Å².